The highest BCUT2D eigenvalue weighted by atomic mass is 32.2. The van der Waals surface area contributed by atoms with Crippen molar-refractivity contribution < 1.29 is 49.1 Å². The standard InChI is InChI=1S/C7H8F7NO4S/c1-2-15(3-4(16)17)20(18,19)7(13,14)5(8,9)6(10,11)12/h2-3H2,1H3,(H,16,17). The maximum absolute atomic E-state index is 13.1. The molecule has 0 rings (SSSR count). The zero-order valence-electron chi connectivity index (χ0n) is 9.59. The van der Waals surface area contributed by atoms with Crippen molar-refractivity contribution in [3.63, 3.8) is 0 Å². The molecule has 0 fully saturated rings. The van der Waals surface area contributed by atoms with E-state index in [1.807, 2.05) is 0 Å². The number of nitrogens with zero attached hydrogens (tertiary/aromatic N) is 1. The first-order valence-corrected chi connectivity index (χ1v) is 6.10. The van der Waals surface area contributed by atoms with Gasteiger partial charge in [-0.3, -0.25) is 4.79 Å². The van der Waals surface area contributed by atoms with Gasteiger partial charge in [0.25, 0.3) is 10.0 Å². The molecule has 120 valence electrons. The van der Waals surface area contributed by atoms with Gasteiger partial charge in [0.1, 0.15) is 6.54 Å². The number of likely N-dealkylation sites (N-methyl/N-ethyl adjacent to an activating group) is 1. The van der Waals surface area contributed by atoms with Gasteiger partial charge in [-0.1, -0.05) is 6.92 Å². The highest BCUT2D eigenvalue weighted by Crippen LogP contribution is 2.49. The van der Waals surface area contributed by atoms with Gasteiger partial charge >= 0.3 is 23.3 Å². The number of carboxylic acid groups (broad SMARTS) is 1. The van der Waals surface area contributed by atoms with E-state index in [2.05, 4.69) is 0 Å². The predicted molar refractivity (Wildman–Crippen MR) is 49.8 cm³/mol. The van der Waals surface area contributed by atoms with E-state index in [1.54, 1.807) is 0 Å². The number of alkyl halides is 7. The molecule has 0 unspecified atom stereocenters. The fraction of sp³-hybridized carbons (Fsp3) is 0.857. The minimum Gasteiger partial charge on any atom is -0.480 e. The van der Waals surface area contributed by atoms with E-state index >= 15 is 0 Å². The van der Waals surface area contributed by atoms with Crippen molar-refractivity contribution >= 4 is 16.0 Å². The second-order valence-electron chi connectivity index (χ2n) is 3.41. The first-order valence-electron chi connectivity index (χ1n) is 4.66. The quantitative estimate of drug-likeness (QED) is 0.747. The lowest BCUT2D eigenvalue weighted by Crippen LogP contribution is -2.60. The fourth-order valence-electron chi connectivity index (χ4n) is 1.01. The Kier molecular flexibility index (Phi) is 5.05. The zero-order chi connectivity index (χ0) is 16.6. The maximum Gasteiger partial charge on any atom is 0.461 e. The van der Waals surface area contributed by atoms with E-state index in [1.165, 1.54) is 0 Å². The monoisotopic (exact) mass is 335 g/mol. The molecule has 0 aliphatic carbocycles. The molecular formula is C7H8F7NO4S. The molecule has 5 nitrogen and oxygen atoms in total. The molecule has 13 heteroatoms. The maximum atomic E-state index is 13.1. The van der Waals surface area contributed by atoms with Crippen molar-refractivity contribution in [1.82, 2.24) is 4.31 Å². The predicted octanol–water partition coefficient (Wildman–Crippen LogP) is 1.51. The van der Waals surface area contributed by atoms with Crippen LogP contribution in [0.3, 0.4) is 0 Å². The van der Waals surface area contributed by atoms with Crippen molar-refractivity contribution in [3.05, 3.63) is 0 Å². The molecule has 0 atom stereocenters. The highest BCUT2D eigenvalue weighted by Gasteiger charge is 2.79. The fourth-order valence-corrected chi connectivity index (χ4v) is 2.39. The van der Waals surface area contributed by atoms with E-state index < -0.39 is 50.7 Å². The number of aliphatic carboxylic acids is 1. The summed E-state index contributed by atoms with van der Waals surface area (Å²) >= 11 is 0. The Hall–Kier alpha value is -1.11. The summed E-state index contributed by atoms with van der Waals surface area (Å²) in [5.74, 6) is -8.87. The summed E-state index contributed by atoms with van der Waals surface area (Å²) in [7, 11) is -6.54. The third-order valence-corrected chi connectivity index (χ3v) is 4.02. The van der Waals surface area contributed by atoms with Crippen LogP contribution in [0.2, 0.25) is 0 Å². The van der Waals surface area contributed by atoms with Gasteiger partial charge in [-0.15, -0.1) is 0 Å². The van der Waals surface area contributed by atoms with Crippen LogP contribution in [0.15, 0.2) is 0 Å². The molecule has 0 saturated heterocycles. The van der Waals surface area contributed by atoms with Crippen molar-refractivity contribution in [1.29, 1.82) is 0 Å². The summed E-state index contributed by atoms with van der Waals surface area (Å²) < 4.78 is 109. The molecule has 0 radical (unpaired) electrons. The summed E-state index contributed by atoms with van der Waals surface area (Å²) in [6, 6.07) is 0. The van der Waals surface area contributed by atoms with E-state index in [-0.39, 0.29) is 0 Å². The number of halogens is 7. The molecule has 0 aromatic heterocycles. The molecule has 0 aromatic carbocycles. The van der Waals surface area contributed by atoms with Crippen molar-refractivity contribution in [2.24, 2.45) is 0 Å². The molecule has 20 heavy (non-hydrogen) atoms. The highest BCUT2D eigenvalue weighted by molar-refractivity contribution is 7.90. The second kappa shape index (κ2) is 5.35. The first kappa shape index (κ1) is 18.9. The topological polar surface area (TPSA) is 74.7 Å². The summed E-state index contributed by atoms with van der Waals surface area (Å²) in [5.41, 5.74) is 0. The van der Waals surface area contributed by atoms with Crippen LogP contribution in [0.1, 0.15) is 6.92 Å². The van der Waals surface area contributed by atoms with Crippen LogP contribution in [-0.2, 0) is 14.8 Å². The molecule has 0 amide bonds. The first-order chi connectivity index (χ1) is 8.63. The molecule has 0 aliphatic heterocycles. The van der Waals surface area contributed by atoms with Gasteiger partial charge < -0.3 is 5.11 Å². The van der Waals surface area contributed by atoms with E-state index in [4.69, 9.17) is 5.11 Å². The number of carbonyl (C=O) groups is 1. The summed E-state index contributed by atoms with van der Waals surface area (Å²) in [6.45, 7) is -1.91. The molecule has 0 saturated carbocycles. The Balaban J connectivity index is 5.86. The van der Waals surface area contributed by atoms with Crippen LogP contribution < -0.4 is 0 Å². The van der Waals surface area contributed by atoms with E-state index in [0.717, 1.165) is 6.92 Å². The number of hydrogen-bond donors (Lipinski definition) is 1. The average Bonchev–Trinajstić information content (AvgIpc) is 2.23. The number of sulfonamides is 1. The van der Waals surface area contributed by atoms with Gasteiger partial charge in [0.15, 0.2) is 0 Å². The van der Waals surface area contributed by atoms with Gasteiger partial charge in [-0.25, -0.2) is 8.42 Å². The minimum atomic E-state index is -6.87. The van der Waals surface area contributed by atoms with Gasteiger partial charge in [0.2, 0.25) is 0 Å². The third kappa shape index (κ3) is 2.97. The zero-order valence-corrected chi connectivity index (χ0v) is 10.4. The Bertz CT molecular complexity index is 472. The summed E-state index contributed by atoms with van der Waals surface area (Å²) in [5, 5.41) is 1.71. The van der Waals surface area contributed by atoms with Crippen LogP contribution in [0, 0.1) is 0 Å². The normalized spacial score (nSPS) is 14.7. The lowest BCUT2D eigenvalue weighted by Gasteiger charge is -2.31. The molecule has 0 heterocycles. The number of hydrogen-bond acceptors (Lipinski definition) is 3. The van der Waals surface area contributed by atoms with Crippen molar-refractivity contribution in [3.8, 4) is 0 Å². The Morgan fingerprint density at radius 1 is 1.10 bits per heavy atom. The number of carboxylic acids is 1. The van der Waals surface area contributed by atoms with Crippen molar-refractivity contribution in [2.45, 2.75) is 24.3 Å². The van der Waals surface area contributed by atoms with Gasteiger partial charge in [0.05, 0.1) is 0 Å². The molecule has 0 aliphatic rings. The minimum absolute atomic E-state index is 0.686. The SMILES string of the molecule is CCN(CC(=O)O)S(=O)(=O)C(F)(F)C(F)(F)C(F)(F)F. The Morgan fingerprint density at radius 3 is 1.75 bits per heavy atom. The van der Waals surface area contributed by atoms with Gasteiger partial charge in [-0.05, 0) is 0 Å². The van der Waals surface area contributed by atoms with Crippen LogP contribution in [0.25, 0.3) is 0 Å². The number of rotatable bonds is 6. The Morgan fingerprint density at radius 2 is 1.50 bits per heavy atom. The van der Waals surface area contributed by atoms with Crippen LogP contribution in [0.4, 0.5) is 30.7 Å². The lowest BCUT2D eigenvalue weighted by atomic mass is 10.3. The molecule has 0 aromatic rings. The largest absolute Gasteiger partial charge is 0.480 e. The summed E-state index contributed by atoms with van der Waals surface area (Å²) in [6.07, 6.45) is -6.83. The third-order valence-electron chi connectivity index (χ3n) is 2.05. The molecular weight excluding hydrogens is 327 g/mol. The lowest BCUT2D eigenvalue weighted by molar-refractivity contribution is -0.332. The average molecular weight is 335 g/mol. The molecule has 0 bridgehead atoms. The van der Waals surface area contributed by atoms with E-state index in [0.29, 0.717) is 0 Å². The van der Waals surface area contributed by atoms with Crippen LogP contribution in [-0.4, -0.2) is 54.2 Å². The smallest absolute Gasteiger partial charge is 0.461 e. The van der Waals surface area contributed by atoms with Crippen LogP contribution >= 0.6 is 0 Å². The Labute approximate surface area is 108 Å². The molecule has 0 spiro atoms. The van der Waals surface area contributed by atoms with Gasteiger partial charge in [-0.2, -0.15) is 35.0 Å². The van der Waals surface area contributed by atoms with Crippen LogP contribution in [0.5, 0.6) is 0 Å². The van der Waals surface area contributed by atoms with Gasteiger partial charge in [0, 0.05) is 6.54 Å². The molecule has 1 N–H and O–H groups in total. The summed E-state index contributed by atoms with van der Waals surface area (Å²) in [4.78, 5) is 10.2. The van der Waals surface area contributed by atoms with Crippen molar-refractivity contribution in [2.75, 3.05) is 13.1 Å². The second-order valence-corrected chi connectivity index (χ2v) is 5.39. The van der Waals surface area contributed by atoms with E-state index in [9.17, 15) is 43.9 Å².